The number of alkyl halides is 1. The Morgan fingerprint density at radius 2 is 2.24 bits per heavy atom. The summed E-state index contributed by atoms with van der Waals surface area (Å²) in [6.07, 6.45) is 2.32. The van der Waals surface area contributed by atoms with Crippen LogP contribution in [0.1, 0.15) is 30.4 Å². The van der Waals surface area contributed by atoms with Crippen LogP contribution >= 0.6 is 15.9 Å². The minimum Gasteiger partial charge on any atom is -0.325 e. The van der Waals surface area contributed by atoms with Gasteiger partial charge >= 0.3 is 0 Å². The summed E-state index contributed by atoms with van der Waals surface area (Å²) in [6.45, 7) is 1.86. The minimum atomic E-state index is -0.0342. The molecule has 0 radical (unpaired) electrons. The molecule has 0 aliphatic rings. The first-order chi connectivity index (χ1) is 8.19. The summed E-state index contributed by atoms with van der Waals surface area (Å²) in [6, 6.07) is 7.57. The van der Waals surface area contributed by atoms with Gasteiger partial charge in [0.1, 0.15) is 6.07 Å². The molecular weight excluding hydrogens is 280 g/mol. The van der Waals surface area contributed by atoms with Crippen LogP contribution in [0.2, 0.25) is 0 Å². The van der Waals surface area contributed by atoms with Gasteiger partial charge in [-0.25, -0.2) is 0 Å². The summed E-state index contributed by atoms with van der Waals surface area (Å²) in [5.41, 5.74) is 2.03. The maximum Gasteiger partial charge on any atom is 0.224 e. The fraction of sp³-hybridized carbons (Fsp3) is 0.385. The monoisotopic (exact) mass is 294 g/mol. The number of benzene rings is 1. The van der Waals surface area contributed by atoms with Crippen molar-refractivity contribution in [2.45, 2.75) is 26.2 Å². The van der Waals surface area contributed by atoms with Crippen molar-refractivity contribution in [1.29, 1.82) is 5.26 Å². The number of hydrogen-bond donors (Lipinski definition) is 1. The highest BCUT2D eigenvalue weighted by Gasteiger charge is 2.08. The van der Waals surface area contributed by atoms with Crippen LogP contribution in [-0.2, 0) is 4.79 Å². The average molecular weight is 295 g/mol. The van der Waals surface area contributed by atoms with Crippen molar-refractivity contribution >= 4 is 27.5 Å². The third kappa shape index (κ3) is 4.20. The molecule has 0 fully saturated rings. The summed E-state index contributed by atoms with van der Waals surface area (Å²) in [7, 11) is 0. The van der Waals surface area contributed by atoms with E-state index in [4.69, 9.17) is 5.26 Å². The van der Waals surface area contributed by atoms with Crippen molar-refractivity contribution in [2.24, 2.45) is 0 Å². The van der Waals surface area contributed by atoms with E-state index in [1.54, 1.807) is 6.07 Å². The van der Waals surface area contributed by atoms with E-state index in [1.165, 1.54) is 0 Å². The predicted octanol–water partition coefficient (Wildman–Crippen LogP) is 3.37. The maximum atomic E-state index is 11.6. The van der Waals surface area contributed by atoms with Gasteiger partial charge in [0.25, 0.3) is 0 Å². The molecule has 1 rings (SSSR count). The summed E-state index contributed by atoms with van der Waals surface area (Å²) in [5, 5.41) is 12.7. The Morgan fingerprint density at radius 1 is 1.47 bits per heavy atom. The number of amides is 1. The van der Waals surface area contributed by atoms with Crippen LogP contribution in [0.4, 0.5) is 5.69 Å². The molecule has 0 aliphatic heterocycles. The third-order valence-corrected chi connectivity index (χ3v) is 3.01. The van der Waals surface area contributed by atoms with Gasteiger partial charge in [-0.15, -0.1) is 0 Å². The van der Waals surface area contributed by atoms with Gasteiger partial charge in [-0.1, -0.05) is 28.1 Å². The van der Waals surface area contributed by atoms with E-state index in [1.807, 2.05) is 19.1 Å². The van der Waals surface area contributed by atoms with Gasteiger partial charge in [-0.3, -0.25) is 4.79 Å². The van der Waals surface area contributed by atoms with Crippen molar-refractivity contribution in [3.05, 3.63) is 29.3 Å². The zero-order chi connectivity index (χ0) is 12.7. The number of rotatable bonds is 5. The first kappa shape index (κ1) is 13.7. The zero-order valence-electron chi connectivity index (χ0n) is 9.79. The van der Waals surface area contributed by atoms with Crippen LogP contribution in [0, 0.1) is 18.3 Å². The van der Waals surface area contributed by atoms with Crippen molar-refractivity contribution in [1.82, 2.24) is 0 Å². The van der Waals surface area contributed by atoms with Crippen LogP contribution in [0.15, 0.2) is 18.2 Å². The normalized spacial score (nSPS) is 9.71. The van der Waals surface area contributed by atoms with E-state index in [9.17, 15) is 4.79 Å². The van der Waals surface area contributed by atoms with Crippen LogP contribution < -0.4 is 5.32 Å². The lowest BCUT2D eigenvalue weighted by molar-refractivity contribution is -0.116. The Balaban J connectivity index is 2.66. The summed E-state index contributed by atoms with van der Waals surface area (Å²) in [5.74, 6) is -0.0342. The Labute approximate surface area is 110 Å². The van der Waals surface area contributed by atoms with Gasteiger partial charge in [0.15, 0.2) is 0 Å². The number of anilines is 1. The molecule has 17 heavy (non-hydrogen) atoms. The molecule has 0 atom stereocenters. The number of hydrogen-bond acceptors (Lipinski definition) is 2. The molecule has 90 valence electrons. The molecule has 1 aromatic carbocycles. The van der Waals surface area contributed by atoms with Gasteiger partial charge in [0.05, 0.1) is 11.3 Å². The first-order valence-corrected chi connectivity index (χ1v) is 6.66. The molecule has 0 saturated heterocycles. The van der Waals surface area contributed by atoms with Gasteiger partial charge in [-0.2, -0.15) is 5.26 Å². The van der Waals surface area contributed by atoms with Crippen molar-refractivity contribution in [3.8, 4) is 6.07 Å². The second kappa shape index (κ2) is 7.08. The van der Waals surface area contributed by atoms with Gasteiger partial charge in [0, 0.05) is 11.8 Å². The molecule has 0 bridgehead atoms. The van der Waals surface area contributed by atoms with Crippen LogP contribution in [0.25, 0.3) is 0 Å². The number of nitriles is 1. The number of carbonyl (C=O) groups excluding carboxylic acids is 1. The van der Waals surface area contributed by atoms with Gasteiger partial charge in [-0.05, 0) is 31.4 Å². The lowest BCUT2D eigenvalue weighted by Gasteiger charge is -2.08. The van der Waals surface area contributed by atoms with Crippen LogP contribution in [-0.4, -0.2) is 11.2 Å². The molecule has 0 aromatic heterocycles. The molecule has 0 unspecified atom stereocenters. The summed E-state index contributed by atoms with van der Waals surface area (Å²) < 4.78 is 0. The molecular formula is C13H15BrN2O. The number of carbonyl (C=O) groups is 1. The predicted molar refractivity (Wildman–Crippen MR) is 72.2 cm³/mol. The smallest absolute Gasteiger partial charge is 0.224 e. The Hall–Kier alpha value is -1.34. The highest BCUT2D eigenvalue weighted by Crippen LogP contribution is 2.18. The number of aryl methyl sites for hydroxylation is 1. The topological polar surface area (TPSA) is 52.9 Å². The molecule has 0 saturated carbocycles. The van der Waals surface area contributed by atoms with E-state index >= 15 is 0 Å². The lowest BCUT2D eigenvalue weighted by atomic mass is 10.1. The molecule has 0 spiro atoms. The highest BCUT2D eigenvalue weighted by molar-refractivity contribution is 9.09. The Bertz CT molecular complexity index is 438. The molecule has 0 heterocycles. The molecule has 1 amide bonds. The van der Waals surface area contributed by atoms with E-state index in [0.717, 1.165) is 23.7 Å². The minimum absolute atomic E-state index is 0.0342. The highest BCUT2D eigenvalue weighted by atomic mass is 79.9. The van der Waals surface area contributed by atoms with E-state index in [-0.39, 0.29) is 5.91 Å². The van der Waals surface area contributed by atoms with Gasteiger partial charge in [0.2, 0.25) is 5.91 Å². The molecule has 1 N–H and O–H groups in total. The van der Waals surface area contributed by atoms with Gasteiger partial charge < -0.3 is 5.32 Å². The summed E-state index contributed by atoms with van der Waals surface area (Å²) >= 11 is 3.32. The van der Waals surface area contributed by atoms with E-state index in [2.05, 4.69) is 27.3 Å². The van der Waals surface area contributed by atoms with E-state index in [0.29, 0.717) is 17.7 Å². The second-order valence-electron chi connectivity index (χ2n) is 3.80. The van der Waals surface area contributed by atoms with Crippen molar-refractivity contribution < 1.29 is 4.79 Å². The maximum absolute atomic E-state index is 11.6. The fourth-order valence-electron chi connectivity index (χ4n) is 1.51. The zero-order valence-corrected chi connectivity index (χ0v) is 11.4. The van der Waals surface area contributed by atoms with Crippen molar-refractivity contribution in [3.63, 3.8) is 0 Å². The number of nitrogens with zero attached hydrogens (tertiary/aromatic N) is 1. The fourth-order valence-corrected chi connectivity index (χ4v) is 1.91. The molecule has 1 aromatic rings. The Kier molecular flexibility index (Phi) is 5.71. The first-order valence-electron chi connectivity index (χ1n) is 5.54. The molecule has 0 aliphatic carbocycles. The van der Waals surface area contributed by atoms with Crippen molar-refractivity contribution in [2.75, 3.05) is 10.6 Å². The SMILES string of the molecule is Cc1cccc(NC(=O)CCCCBr)c1C#N. The van der Waals surface area contributed by atoms with E-state index < -0.39 is 0 Å². The quantitative estimate of drug-likeness (QED) is 0.669. The largest absolute Gasteiger partial charge is 0.325 e. The third-order valence-electron chi connectivity index (χ3n) is 2.45. The second-order valence-corrected chi connectivity index (χ2v) is 4.60. The molecule has 4 heteroatoms. The number of unbranched alkanes of at least 4 members (excludes halogenated alkanes) is 1. The van der Waals surface area contributed by atoms with Crippen LogP contribution in [0.5, 0.6) is 0 Å². The lowest BCUT2D eigenvalue weighted by Crippen LogP contribution is -2.12. The number of halogens is 1. The Morgan fingerprint density at radius 3 is 2.88 bits per heavy atom. The van der Waals surface area contributed by atoms with Crippen LogP contribution in [0.3, 0.4) is 0 Å². The summed E-state index contributed by atoms with van der Waals surface area (Å²) in [4.78, 5) is 11.6. The molecule has 3 nitrogen and oxygen atoms in total. The standard InChI is InChI=1S/C13H15BrN2O/c1-10-5-4-6-12(11(10)9-15)16-13(17)7-2-3-8-14/h4-6H,2-3,7-8H2,1H3,(H,16,17). The number of nitrogens with one attached hydrogen (secondary N) is 1. The average Bonchev–Trinajstić information content (AvgIpc) is 2.29.